The number of aryl methyl sites for hydroxylation is 1. The first-order chi connectivity index (χ1) is 11.0. The van der Waals surface area contributed by atoms with Crippen molar-refractivity contribution >= 4 is 17.2 Å². The molecular weight excluding hydrogens is 326 g/mol. The average molecular weight is 348 g/mol. The Labute approximate surface area is 138 Å². The number of hydrogen-bond acceptors (Lipinski definition) is 5. The Bertz CT molecular complexity index is 519. The molecule has 5 nitrogen and oxygen atoms in total. The highest BCUT2D eigenvalue weighted by Crippen LogP contribution is 2.30. The van der Waals surface area contributed by atoms with Gasteiger partial charge in [0.05, 0.1) is 13.2 Å². The van der Waals surface area contributed by atoms with E-state index in [2.05, 4.69) is 15.0 Å². The molecule has 1 aliphatic heterocycles. The molecule has 0 unspecified atom stereocenters. The zero-order valence-electron chi connectivity index (χ0n) is 13.3. The number of carbonyl (C=O) groups excluding carboxylic acids is 1. The highest BCUT2D eigenvalue weighted by molar-refractivity contribution is 7.14. The van der Waals surface area contributed by atoms with Gasteiger partial charge in [0.1, 0.15) is 10.6 Å². The molecule has 2 heterocycles. The Hall–Kier alpha value is -1.25. The number of ether oxygens (including phenoxy) is 2. The summed E-state index contributed by atoms with van der Waals surface area (Å²) in [6.07, 6.45) is 0.793. The van der Waals surface area contributed by atoms with Crippen molar-refractivity contribution in [3.8, 4) is 5.75 Å². The van der Waals surface area contributed by atoms with Crippen molar-refractivity contribution in [1.82, 2.24) is 10.2 Å². The second-order valence-electron chi connectivity index (χ2n) is 5.55. The van der Waals surface area contributed by atoms with Crippen LogP contribution in [0.1, 0.15) is 27.9 Å². The van der Waals surface area contributed by atoms with Crippen LogP contribution in [-0.2, 0) is 4.74 Å². The summed E-state index contributed by atoms with van der Waals surface area (Å²) in [4.78, 5) is 15.5. The molecule has 0 saturated carbocycles. The summed E-state index contributed by atoms with van der Waals surface area (Å²) in [6, 6.07) is 1.41. The fourth-order valence-corrected chi connectivity index (χ4v) is 3.24. The Kier molecular flexibility index (Phi) is 6.73. The molecule has 23 heavy (non-hydrogen) atoms. The van der Waals surface area contributed by atoms with Crippen LogP contribution >= 0.6 is 11.3 Å². The van der Waals surface area contributed by atoms with E-state index in [1.807, 2.05) is 6.92 Å². The smallest absolute Gasteiger partial charge is 0.387 e. The highest BCUT2D eigenvalue weighted by atomic mass is 32.1. The lowest BCUT2D eigenvalue weighted by Crippen LogP contribution is -2.40. The molecule has 1 N–H and O–H groups in total. The summed E-state index contributed by atoms with van der Waals surface area (Å²) < 4.78 is 34.5. The van der Waals surface area contributed by atoms with Crippen molar-refractivity contribution in [2.24, 2.45) is 0 Å². The molecule has 0 spiro atoms. The third kappa shape index (κ3) is 5.71. The number of thiophene rings is 1. The molecule has 1 atom stereocenters. The van der Waals surface area contributed by atoms with Crippen molar-refractivity contribution in [1.29, 1.82) is 0 Å². The Balaban J connectivity index is 1.85. The van der Waals surface area contributed by atoms with Crippen LogP contribution in [0.4, 0.5) is 8.78 Å². The van der Waals surface area contributed by atoms with E-state index in [9.17, 15) is 13.6 Å². The van der Waals surface area contributed by atoms with Gasteiger partial charge < -0.3 is 14.8 Å². The lowest BCUT2D eigenvalue weighted by molar-refractivity contribution is -0.0498. The minimum atomic E-state index is -2.94. The summed E-state index contributed by atoms with van der Waals surface area (Å²) in [5.41, 5.74) is 0. The first-order valence-electron chi connectivity index (χ1n) is 7.62. The number of nitrogens with one attached hydrogen (secondary N) is 1. The zero-order valence-corrected chi connectivity index (χ0v) is 14.1. The van der Waals surface area contributed by atoms with Crippen molar-refractivity contribution in [2.75, 3.05) is 32.8 Å². The SMILES string of the molecule is Cc1cc(OC(F)F)c(C(=O)N[C@H](C)CCN2CCOCC2)s1. The number of hydrogen-bond donors (Lipinski definition) is 1. The fourth-order valence-electron chi connectivity index (χ4n) is 2.40. The largest absolute Gasteiger partial charge is 0.433 e. The van der Waals surface area contributed by atoms with E-state index >= 15 is 0 Å². The zero-order chi connectivity index (χ0) is 16.8. The van der Waals surface area contributed by atoms with Gasteiger partial charge in [-0.1, -0.05) is 0 Å². The van der Waals surface area contributed by atoms with Gasteiger partial charge in [-0.2, -0.15) is 8.78 Å². The van der Waals surface area contributed by atoms with Gasteiger partial charge in [0, 0.05) is 30.6 Å². The maximum absolute atomic E-state index is 12.4. The molecule has 1 aliphatic rings. The Morgan fingerprint density at radius 3 is 2.83 bits per heavy atom. The van der Waals surface area contributed by atoms with E-state index in [4.69, 9.17) is 4.74 Å². The number of rotatable bonds is 7. The Morgan fingerprint density at radius 1 is 1.48 bits per heavy atom. The molecule has 1 saturated heterocycles. The van der Waals surface area contributed by atoms with E-state index in [0.29, 0.717) is 0 Å². The topological polar surface area (TPSA) is 50.8 Å². The van der Waals surface area contributed by atoms with Crippen LogP contribution in [0, 0.1) is 6.92 Å². The van der Waals surface area contributed by atoms with Crippen molar-refractivity contribution in [3.05, 3.63) is 15.8 Å². The summed E-state index contributed by atoms with van der Waals surface area (Å²) in [7, 11) is 0. The number of halogens is 2. The monoisotopic (exact) mass is 348 g/mol. The van der Waals surface area contributed by atoms with Gasteiger partial charge in [0.15, 0.2) is 0 Å². The van der Waals surface area contributed by atoms with Crippen LogP contribution < -0.4 is 10.1 Å². The minimum Gasteiger partial charge on any atom is -0.433 e. The fraction of sp³-hybridized carbons (Fsp3) is 0.667. The summed E-state index contributed by atoms with van der Waals surface area (Å²) in [5.74, 6) is -0.423. The molecule has 0 aromatic carbocycles. The second kappa shape index (κ2) is 8.56. The number of morpholine rings is 1. The van der Waals surface area contributed by atoms with Crippen LogP contribution in [0.25, 0.3) is 0 Å². The van der Waals surface area contributed by atoms with Crippen LogP contribution in [0.15, 0.2) is 6.07 Å². The highest BCUT2D eigenvalue weighted by Gasteiger charge is 2.21. The lowest BCUT2D eigenvalue weighted by atomic mass is 10.2. The van der Waals surface area contributed by atoms with Gasteiger partial charge in [-0.25, -0.2) is 0 Å². The predicted octanol–water partition coefficient (Wildman–Crippen LogP) is 2.50. The van der Waals surface area contributed by atoms with Gasteiger partial charge >= 0.3 is 6.61 Å². The van der Waals surface area contributed by atoms with Gasteiger partial charge in [0.25, 0.3) is 5.91 Å². The predicted molar refractivity (Wildman–Crippen MR) is 84.5 cm³/mol. The summed E-state index contributed by atoms with van der Waals surface area (Å²) in [6.45, 7) is 4.87. The van der Waals surface area contributed by atoms with Crippen LogP contribution in [0.5, 0.6) is 5.75 Å². The number of alkyl halides is 2. The second-order valence-corrected chi connectivity index (χ2v) is 6.80. The molecule has 0 radical (unpaired) electrons. The van der Waals surface area contributed by atoms with Gasteiger partial charge in [-0.3, -0.25) is 9.69 Å². The molecular formula is C15H22F2N2O3S. The van der Waals surface area contributed by atoms with Crippen molar-refractivity contribution in [3.63, 3.8) is 0 Å². The molecule has 0 bridgehead atoms. The molecule has 1 fully saturated rings. The average Bonchev–Trinajstić information content (AvgIpc) is 2.86. The Morgan fingerprint density at radius 2 is 2.17 bits per heavy atom. The molecule has 1 aromatic rings. The van der Waals surface area contributed by atoms with Crippen LogP contribution in [0.2, 0.25) is 0 Å². The summed E-state index contributed by atoms with van der Waals surface area (Å²) in [5, 5.41) is 2.85. The molecule has 0 aliphatic carbocycles. The van der Waals surface area contributed by atoms with Crippen molar-refractivity contribution < 1.29 is 23.0 Å². The first-order valence-corrected chi connectivity index (χ1v) is 8.43. The lowest BCUT2D eigenvalue weighted by Gasteiger charge is -2.27. The molecule has 1 amide bonds. The number of amides is 1. The van der Waals surface area contributed by atoms with E-state index in [-0.39, 0.29) is 22.6 Å². The van der Waals surface area contributed by atoms with E-state index < -0.39 is 6.61 Å². The molecule has 1 aromatic heterocycles. The standard InChI is InChI=1S/C15H22F2N2O3S/c1-10(3-4-19-5-7-21-8-6-19)18-14(20)13-12(22-15(16)17)9-11(2)23-13/h9-10,15H,3-8H2,1-2H3,(H,18,20)/t10-/m1/s1. The molecule has 8 heteroatoms. The number of nitrogens with zero attached hydrogens (tertiary/aromatic N) is 1. The van der Waals surface area contributed by atoms with E-state index in [1.54, 1.807) is 6.92 Å². The maximum atomic E-state index is 12.4. The maximum Gasteiger partial charge on any atom is 0.387 e. The molecule has 2 rings (SSSR count). The van der Waals surface area contributed by atoms with Gasteiger partial charge in [0.2, 0.25) is 0 Å². The normalized spacial score (nSPS) is 17.3. The van der Waals surface area contributed by atoms with Gasteiger partial charge in [-0.15, -0.1) is 11.3 Å². The summed E-state index contributed by atoms with van der Waals surface area (Å²) >= 11 is 1.16. The van der Waals surface area contributed by atoms with Crippen molar-refractivity contribution in [2.45, 2.75) is 32.9 Å². The van der Waals surface area contributed by atoms with E-state index in [1.165, 1.54) is 6.07 Å². The quantitative estimate of drug-likeness (QED) is 0.823. The van der Waals surface area contributed by atoms with Gasteiger partial charge in [-0.05, 0) is 26.3 Å². The molecule has 130 valence electrons. The number of carbonyl (C=O) groups is 1. The van der Waals surface area contributed by atoms with E-state index in [0.717, 1.165) is 55.5 Å². The minimum absolute atomic E-state index is 0.0489. The third-order valence-electron chi connectivity index (χ3n) is 3.60. The first kappa shape index (κ1) is 18.1. The third-order valence-corrected chi connectivity index (χ3v) is 4.63. The van der Waals surface area contributed by atoms with Crippen LogP contribution in [-0.4, -0.2) is 56.3 Å². The van der Waals surface area contributed by atoms with Crippen LogP contribution in [0.3, 0.4) is 0 Å².